The first-order valence-electron chi connectivity index (χ1n) is 8.76. The Balaban J connectivity index is 1.63. The van der Waals surface area contributed by atoms with Crippen LogP contribution in [0.4, 0.5) is 5.69 Å². The van der Waals surface area contributed by atoms with Crippen LogP contribution in [0.2, 0.25) is 0 Å². The molecule has 1 atom stereocenters. The zero-order chi connectivity index (χ0) is 19.1. The highest BCUT2D eigenvalue weighted by Gasteiger charge is 2.15. The van der Waals surface area contributed by atoms with Crippen molar-refractivity contribution in [1.82, 2.24) is 4.98 Å². The number of methoxy groups -OCH3 is 1. The van der Waals surface area contributed by atoms with Gasteiger partial charge in [0.25, 0.3) is 0 Å². The fraction of sp³-hybridized carbons (Fsp3) is 0.182. The summed E-state index contributed by atoms with van der Waals surface area (Å²) in [7, 11) is 1.64. The number of carbonyl (C=O) groups is 1. The van der Waals surface area contributed by atoms with Gasteiger partial charge in [-0.3, -0.25) is 9.78 Å². The van der Waals surface area contributed by atoms with Gasteiger partial charge in [0.15, 0.2) is 0 Å². The molecule has 1 aromatic heterocycles. The lowest BCUT2D eigenvalue weighted by atomic mass is 9.96. The van der Waals surface area contributed by atoms with E-state index in [1.165, 1.54) is 0 Å². The predicted molar refractivity (Wildman–Crippen MR) is 105 cm³/mol. The van der Waals surface area contributed by atoms with Crippen LogP contribution in [0.15, 0.2) is 73.1 Å². The van der Waals surface area contributed by atoms with E-state index < -0.39 is 0 Å². The van der Waals surface area contributed by atoms with Crippen molar-refractivity contribution in [3.05, 3.63) is 78.6 Å². The molecular weight excluding hydrogens is 340 g/mol. The number of nitrogens with zero attached hydrogens (tertiary/aromatic N) is 1. The molecule has 0 aliphatic heterocycles. The van der Waals surface area contributed by atoms with Crippen molar-refractivity contribution in [3.8, 4) is 17.2 Å². The molecular formula is C22H22N2O3. The third-order valence-electron chi connectivity index (χ3n) is 4.16. The second-order valence-corrected chi connectivity index (χ2v) is 6.21. The zero-order valence-electron chi connectivity index (χ0n) is 15.4. The molecule has 0 saturated carbocycles. The molecule has 1 unspecified atom stereocenters. The Bertz CT molecular complexity index is 897. The average molecular weight is 362 g/mol. The fourth-order valence-electron chi connectivity index (χ4n) is 2.85. The van der Waals surface area contributed by atoms with Crippen LogP contribution >= 0.6 is 0 Å². The van der Waals surface area contributed by atoms with Crippen LogP contribution in [-0.4, -0.2) is 18.0 Å². The Morgan fingerprint density at radius 1 is 1.04 bits per heavy atom. The van der Waals surface area contributed by atoms with Gasteiger partial charge >= 0.3 is 0 Å². The van der Waals surface area contributed by atoms with Gasteiger partial charge in [0.2, 0.25) is 5.91 Å². The number of carbonyl (C=O) groups excluding carboxylic acids is 1. The number of pyridine rings is 1. The lowest BCUT2D eigenvalue weighted by molar-refractivity contribution is -0.116. The monoisotopic (exact) mass is 362 g/mol. The average Bonchev–Trinajstić information content (AvgIpc) is 2.69. The van der Waals surface area contributed by atoms with Crippen molar-refractivity contribution in [2.75, 3.05) is 12.4 Å². The van der Waals surface area contributed by atoms with Crippen molar-refractivity contribution in [1.29, 1.82) is 0 Å². The Hall–Kier alpha value is -3.34. The van der Waals surface area contributed by atoms with Gasteiger partial charge in [0.1, 0.15) is 17.2 Å². The summed E-state index contributed by atoms with van der Waals surface area (Å²) < 4.78 is 11.2. The van der Waals surface area contributed by atoms with Gasteiger partial charge in [-0.25, -0.2) is 0 Å². The molecule has 0 fully saturated rings. The smallest absolute Gasteiger partial charge is 0.224 e. The van der Waals surface area contributed by atoms with E-state index in [0.717, 1.165) is 11.3 Å². The number of ether oxygens (including phenoxy) is 2. The van der Waals surface area contributed by atoms with E-state index >= 15 is 0 Å². The highest BCUT2D eigenvalue weighted by molar-refractivity contribution is 5.91. The second kappa shape index (κ2) is 8.85. The Morgan fingerprint density at radius 2 is 1.81 bits per heavy atom. The third kappa shape index (κ3) is 5.07. The first-order valence-corrected chi connectivity index (χ1v) is 8.76. The highest BCUT2D eigenvalue weighted by atomic mass is 16.5. The molecule has 0 aliphatic carbocycles. The molecule has 1 amide bonds. The molecule has 5 heteroatoms. The number of benzene rings is 2. The molecule has 3 rings (SSSR count). The molecule has 27 heavy (non-hydrogen) atoms. The Labute approximate surface area is 159 Å². The zero-order valence-corrected chi connectivity index (χ0v) is 15.4. The summed E-state index contributed by atoms with van der Waals surface area (Å²) >= 11 is 0. The third-order valence-corrected chi connectivity index (χ3v) is 4.16. The van der Waals surface area contributed by atoms with Crippen molar-refractivity contribution >= 4 is 11.6 Å². The fourth-order valence-corrected chi connectivity index (χ4v) is 2.85. The van der Waals surface area contributed by atoms with Gasteiger partial charge in [-0.05, 0) is 41.8 Å². The molecule has 1 heterocycles. The second-order valence-electron chi connectivity index (χ2n) is 6.21. The summed E-state index contributed by atoms with van der Waals surface area (Å²) in [6, 6.07) is 18.6. The van der Waals surface area contributed by atoms with Crippen molar-refractivity contribution < 1.29 is 14.3 Å². The number of hydrogen-bond donors (Lipinski definition) is 1. The minimum absolute atomic E-state index is 0.0393. The number of aromatic nitrogens is 1. The topological polar surface area (TPSA) is 60.5 Å². The maximum absolute atomic E-state index is 12.5. The normalized spacial score (nSPS) is 11.5. The van der Waals surface area contributed by atoms with Crippen molar-refractivity contribution in [3.63, 3.8) is 0 Å². The molecule has 0 bridgehead atoms. The minimum atomic E-state index is -0.0607. The SMILES string of the molecule is COc1ccccc1C(C)CC(=O)Nc1cccc(Oc2ccncc2)c1. The van der Waals surface area contributed by atoms with E-state index in [1.807, 2.05) is 49.4 Å². The molecule has 138 valence electrons. The maximum Gasteiger partial charge on any atom is 0.224 e. The predicted octanol–water partition coefficient (Wildman–Crippen LogP) is 5.01. The van der Waals surface area contributed by atoms with Crippen LogP contribution in [0.1, 0.15) is 24.8 Å². The summed E-state index contributed by atoms with van der Waals surface area (Å²) in [6.07, 6.45) is 3.69. The highest BCUT2D eigenvalue weighted by Crippen LogP contribution is 2.29. The summed E-state index contributed by atoms with van der Waals surface area (Å²) in [5.41, 5.74) is 1.71. The number of rotatable bonds is 7. The lowest BCUT2D eigenvalue weighted by Gasteiger charge is -2.15. The molecule has 0 spiro atoms. The first kappa shape index (κ1) is 18.5. The number of anilines is 1. The van der Waals surface area contributed by atoms with Gasteiger partial charge in [0.05, 0.1) is 7.11 Å². The quantitative estimate of drug-likeness (QED) is 0.641. The Morgan fingerprint density at radius 3 is 2.59 bits per heavy atom. The summed E-state index contributed by atoms with van der Waals surface area (Å²) in [6.45, 7) is 2.01. The summed E-state index contributed by atoms with van der Waals surface area (Å²) in [5.74, 6) is 2.12. The first-order chi connectivity index (χ1) is 13.2. The molecule has 5 nitrogen and oxygen atoms in total. The number of nitrogens with one attached hydrogen (secondary N) is 1. The number of amides is 1. The van der Waals surface area contributed by atoms with Crippen LogP contribution < -0.4 is 14.8 Å². The van der Waals surface area contributed by atoms with E-state index in [1.54, 1.807) is 37.7 Å². The van der Waals surface area contributed by atoms with Gasteiger partial charge < -0.3 is 14.8 Å². The van der Waals surface area contributed by atoms with Crippen LogP contribution in [0, 0.1) is 0 Å². The molecule has 3 aromatic rings. The van der Waals surface area contributed by atoms with Gasteiger partial charge in [-0.1, -0.05) is 31.2 Å². The van der Waals surface area contributed by atoms with E-state index in [4.69, 9.17) is 9.47 Å². The maximum atomic E-state index is 12.5. The van der Waals surface area contributed by atoms with Gasteiger partial charge in [-0.2, -0.15) is 0 Å². The van der Waals surface area contributed by atoms with Crippen LogP contribution in [0.5, 0.6) is 17.2 Å². The largest absolute Gasteiger partial charge is 0.496 e. The van der Waals surface area contributed by atoms with E-state index in [2.05, 4.69) is 10.3 Å². The molecule has 1 N–H and O–H groups in total. The molecule has 0 radical (unpaired) electrons. The van der Waals surface area contributed by atoms with E-state index in [9.17, 15) is 4.79 Å². The standard InChI is InChI=1S/C22H22N2O3/c1-16(20-8-3-4-9-21(20)26-2)14-22(25)24-17-6-5-7-19(15-17)27-18-10-12-23-13-11-18/h3-13,15-16H,14H2,1-2H3,(H,24,25). The summed E-state index contributed by atoms with van der Waals surface area (Å²) in [4.78, 5) is 16.4. The molecule has 0 saturated heterocycles. The van der Waals surface area contributed by atoms with Crippen molar-refractivity contribution in [2.45, 2.75) is 19.3 Å². The van der Waals surface area contributed by atoms with Crippen LogP contribution in [0.25, 0.3) is 0 Å². The Kier molecular flexibility index (Phi) is 6.05. The number of para-hydroxylation sites is 1. The van der Waals surface area contributed by atoms with Crippen molar-refractivity contribution in [2.24, 2.45) is 0 Å². The van der Waals surface area contributed by atoms with Gasteiger partial charge in [-0.15, -0.1) is 0 Å². The minimum Gasteiger partial charge on any atom is -0.496 e. The number of hydrogen-bond acceptors (Lipinski definition) is 4. The molecule has 0 aliphatic rings. The van der Waals surface area contributed by atoms with E-state index in [0.29, 0.717) is 23.6 Å². The van der Waals surface area contributed by atoms with Gasteiger partial charge in [0, 0.05) is 30.6 Å². The van der Waals surface area contributed by atoms with E-state index in [-0.39, 0.29) is 11.8 Å². The summed E-state index contributed by atoms with van der Waals surface area (Å²) in [5, 5.41) is 2.93. The van der Waals surface area contributed by atoms with Crippen LogP contribution in [0.3, 0.4) is 0 Å². The lowest BCUT2D eigenvalue weighted by Crippen LogP contribution is -2.14. The van der Waals surface area contributed by atoms with Crippen LogP contribution in [-0.2, 0) is 4.79 Å². The molecule has 2 aromatic carbocycles.